The second-order valence-corrected chi connectivity index (χ2v) is 11.3. The molecule has 0 saturated carbocycles. The first kappa shape index (κ1) is 22.6. The summed E-state index contributed by atoms with van der Waals surface area (Å²) < 4.78 is 33.3. The van der Waals surface area contributed by atoms with Crippen LogP contribution in [0.1, 0.15) is 43.4 Å². The Morgan fingerprint density at radius 2 is 1.91 bits per heavy atom. The molecule has 0 atom stereocenters. The van der Waals surface area contributed by atoms with Gasteiger partial charge in [0.1, 0.15) is 0 Å². The van der Waals surface area contributed by atoms with Gasteiger partial charge in [-0.15, -0.1) is 11.3 Å². The van der Waals surface area contributed by atoms with Gasteiger partial charge in [0.15, 0.2) is 0 Å². The number of carbonyl (C=O) groups is 1. The Labute approximate surface area is 191 Å². The molecule has 0 spiro atoms. The SMILES string of the molecule is Cc1sc(-c2noc(C(C)C)n2)cc1S(=O)(=O)N1CCC(C(=O)Nc2ccccc2)CC1. The summed E-state index contributed by atoms with van der Waals surface area (Å²) in [5.74, 6) is 0.738. The van der Waals surface area contributed by atoms with Crippen molar-refractivity contribution in [3.63, 3.8) is 0 Å². The van der Waals surface area contributed by atoms with Crippen LogP contribution in [0.5, 0.6) is 0 Å². The molecule has 3 aromatic rings. The van der Waals surface area contributed by atoms with E-state index >= 15 is 0 Å². The Hall–Kier alpha value is -2.56. The third-order valence-electron chi connectivity index (χ3n) is 5.51. The Bertz CT molecular complexity index is 1190. The molecular formula is C22H26N4O4S2. The molecule has 170 valence electrons. The van der Waals surface area contributed by atoms with E-state index in [9.17, 15) is 13.2 Å². The van der Waals surface area contributed by atoms with Gasteiger partial charge in [0, 0.05) is 35.5 Å². The second-order valence-electron chi connectivity index (χ2n) is 8.18. The van der Waals surface area contributed by atoms with Gasteiger partial charge in [-0.2, -0.15) is 9.29 Å². The summed E-state index contributed by atoms with van der Waals surface area (Å²) in [6.07, 6.45) is 0.965. The van der Waals surface area contributed by atoms with Crippen molar-refractivity contribution in [2.75, 3.05) is 18.4 Å². The Balaban J connectivity index is 1.44. The van der Waals surface area contributed by atoms with E-state index < -0.39 is 10.0 Å². The molecule has 1 saturated heterocycles. The van der Waals surface area contributed by atoms with Crippen molar-refractivity contribution < 1.29 is 17.7 Å². The van der Waals surface area contributed by atoms with Gasteiger partial charge in [-0.25, -0.2) is 8.42 Å². The average Bonchev–Trinajstić information content (AvgIpc) is 3.42. The lowest BCUT2D eigenvalue weighted by atomic mass is 9.97. The number of para-hydroxylation sites is 1. The normalized spacial score (nSPS) is 15.9. The fourth-order valence-corrected chi connectivity index (χ4v) is 6.62. The van der Waals surface area contributed by atoms with E-state index in [1.54, 1.807) is 13.0 Å². The number of benzene rings is 1. The van der Waals surface area contributed by atoms with Gasteiger partial charge in [-0.05, 0) is 38.0 Å². The highest BCUT2D eigenvalue weighted by Crippen LogP contribution is 2.35. The third-order valence-corrected chi connectivity index (χ3v) is 8.71. The zero-order chi connectivity index (χ0) is 22.9. The molecule has 1 fully saturated rings. The first-order valence-electron chi connectivity index (χ1n) is 10.6. The van der Waals surface area contributed by atoms with Crippen LogP contribution < -0.4 is 5.32 Å². The van der Waals surface area contributed by atoms with Crippen LogP contribution in [0.15, 0.2) is 45.8 Å². The quantitative estimate of drug-likeness (QED) is 0.572. The minimum atomic E-state index is -3.67. The minimum absolute atomic E-state index is 0.0692. The lowest BCUT2D eigenvalue weighted by molar-refractivity contribution is -0.120. The molecule has 3 heterocycles. The number of carbonyl (C=O) groups excluding carboxylic acids is 1. The van der Waals surface area contributed by atoms with Crippen molar-refractivity contribution in [1.29, 1.82) is 0 Å². The molecule has 1 aromatic carbocycles. The molecule has 8 nitrogen and oxygen atoms in total. The van der Waals surface area contributed by atoms with Crippen molar-refractivity contribution in [2.45, 2.75) is 44.4 Å². The average molecular weight is 475 g/mol. The number of anilines is 1. The number of nitrogens with zero attached hydrogens (tertiary/aromatic N) is 3. The van der Waals surface area contributed by atoms with Crippen molar-refractivity contribution in [3.05, 3.63) is 47.2 Å². The number of rotatable bonds is 6. The summed E-state index contributed by atoms with van der Waals surface area (Å²) in [7, 11) is -3.67. The van der Waals surface area contributed by atoms with Crippen LogP contribution in [0.4, 0.5) is 5.69 Å². The molecule has 0 bridgehead atoms. The van der Waals surface area contributed by atoms with Gasteiger partial charge < -0.3 is 9.84 Å². The molecule has 1 aliphatic heterocycles. The van der Waals surface area contributed by atoms with Crippen LogP contribution in [-0.2, 0) is 14.8 Å². The molecule has 4 rings (SSSR count). The van der Waals surface area contributed by atoms with Gasteiger partial charge in [-0.1, -0.05) is 37.2 Å². The van der Waals surface area contributed by atoms with E-state index in [-0.39, 0.29) is 22.6 Å². The van der Waals surface area contributed by atoms with E-state index in [1.165, 1.54) is 15.6 Å². The van der Waals surface area contributed by atoms with Gasteiger partial charge in [0.25, 0.3) is 0 Å². The van der Waals surface area contributed by atoms with Crippen molar-refractivity contribution in [2.24, 2.45) is 5.92 Å². The van der Waals surface area contributed by atoms with Crippen LogP contribution in [-0.4, -0.2) is 41.9 Å². The number of sulfonamides is 1. The molecule has 0 radical (unpaired) electrons. The topological polar surface area (TPSA) is 105 Å². The minimum Gasteiger partial charge on any atom is -0.339 e. The predicted molar refractivity (Wildman–Crippen MR) is 123 cm³/mol. The third kappa shape index (κ3) is 4.62. The van der Waals surface area contributed by atoms with Crippen LogP contribution in [0.3, 0.4) is 0 Å². The summed E-state index contributed by atoms with van der Waals surface area (Å²) in [5.41, 5.74) is 0.746. The number of amides is 1. The zero-order valence-corrected chi connectivity index (χ0v) is 19.9. The number of thiophene rings is 1. The summed E-state index contributed by atoms with van der Waals surface area (Å²) in [6.45, 7) is 6.30. The zero-order valence-electron chi connectivity index (χ0n) is 18.2. The van der Waals surface area contributed by atoms with E-state index in [0.717, 1.165) is 5.69 Å². The summed E-state index contributed by atoms with van der Waals surface area (Å²) in [6, 6.07) is 10.9. The standard InChI is InChI=1S/C22H26N4O4S2/c1-14(2)22-24-20(25-30-22)18-13-19(15(3)31-18)32(28,29)26-11-9-16(10-12-26)21(27)23-17-7-5-4-6-8-17/h4-8,13-14,16H,9-12H2,1-3H3,(H,23,27). The number of hydrogen-bond acceptors (Lipinski definition) is 7. The Morgan fingerprint density at radius 1 is 1.22 bits per heavy atom. The fraction of sp³-hybridized carbons (Fsp3) is 0.409. The molecule has 1 aliphatic rings. The molecule has 32 heavy (non-hydrogen) atoms. The fourth-order valence-electron chi connectivity index (χ4n) is 3.66. The van der Waals surface area contributed by atoms with Gasteiger partial charge >= 0.3 is 0 Å². The lowest BCUT2D eigenvalue weighted by Crippen LogP contribution is -2.41. The van der Waals surface area contributed by atoms with E-state index in [4.69, 9.17) is 4.52 Å². The van der Waals surface area contributed by atoms with Gasteiger partial charge in [-0.3, -0.25) is 4.79 Å². The molecule has 1 amide bonds. The highest BCUT2D eigenvalue weighted by molar-refractivity contribution is 7.89. The molecule has 1 N–H and O–H groups in total. The molecule has 10 heteroatoms. The highest BCUT2D eigenvalue weighted by Gasteiger charge is 2.34. The number of piperidine rings is 1. The van der Waals surface area contributed by atoms with E-state index in [2.05, 4.69) is 15.5 Å². The summed E-state index contributed by atoms with van der Waals surface area (Å²) >= 11 is 1.34. The van der Waals surface area contributed by atoms with Gasteiger partial charge in [0.2, 0.25) is 27.6 Å². The smallest absolute Gasteiger partial charge is 0.244 e. The van der Waals surface area contributed by atoms with E-state index in [0.29, 0.717) is 47.4 Å². The lowest BCUT2D eigenvalue weighted by Gasteiger charge is -2.30. The van der Waals surface area contributed by atoms with Crippen LogP contribution in [0.2, 0.25) is 0 Å². The monoisotopic (exact) mass is 474 g/mol. The van der Waals surface area contributed by atoms with Crippen LogP contribution in [0.25, 0.3) is 10.7 Å². The molecular weight excluding hydrogens is 448 g/mol. The van der Waals surface area contributed by atoms with Crippen molar-refractivity contribution in [1.82, 2.24) is 14.4 Å². The van der Waals surface area contributed by atoms with Gasteiger partial charge in [0.05, 0.1) is 9.77 Å². The molecule has 0 aliphatic carbocycles. The summed E-state index contributed by atoms with van der Waals surface area (Å²) in [4.78, 5) is 18.5. The van der Waals surface area contributed by atoms with Crippen molar-refractivity contribution >= 4 is 33.0 Å². The van der Waals surface area contributed by atoms with E-state index in [1.807, 2.05) is 44.2 Å². The Kier molecular flexibility index (Phi) is 6.45. The Morgan fingerprint density at radius 3 is 2.53 bits per heavy atom. The maximum atomic E-state index is 13.3. The number of nitrogens with one attached hydrogen (secondary N) is 1. The highest BCUT2D eigenvalue weighted by atomic mass is 32.2. The van der Waals surface area contributed by atoms with Crippen LogP contribution in [0, 0.1) is 12.8 Å². The van der Waals surface area contributed by atoms with Crippen molar-refractivity contribution in [3.8, 4) is 10.7 Å². The maximum Gasteiger partial charge on any atom is 0.244 e. The number of aryl methyl sites for hydroxylation is 1. The molecule has 0 unspecified atom stereocenters. The first-order valence-corrected chi connectivity index (χ1v) is 12.8. The number of hydrogen-bond donors (Lipinski definition) is 1. The predicted octanol–water partition coefficient (Wildman–Crippen LogP) is 4.27. The molecule has 2 aromatic heterocycles. The van der Waals surface area contributed by atoms with Crippen LogP contribution >= 0.6 is 11.3 Å². The second kappa shape index (κ2) is 9.13. The summed E-state index contributed by atoms with van der Waals surface area (Å²) in [5, 5.41) is 6.90. The maximum absolute atomic E-state index is 13.3. The number of aromatic nitrogens is 2. The largest absolute Gasteiger partial charge is 0.339 e. The first-order chi connectivity index (χ1) is 15.3.